The molecule has 2 fully saturated rings. The van der Waals surface area contributed by atoms with Gasteiger partial charge in [-0.2, -0.15) is 0 Å². The fraction of sp³-hybridized carbons (Fsp3) is 0.500. The molecule has 1 aliphatic heterocycles. The van der Waals surface area contributed by atoms with Gasteiger partial charge in [-0.15, -0.1) is 0 Å². The number of ketones is 2. The Kier molecular flexibility index (Phi) is 6.24. The number of hydrogen-bond acceptors (Lipinski definition) is 10. The molecular weight excluding hydrogens is 501 g/mol. The molecule has 0 radical (unpaired) electrons. The number of Topliss-reactive ketones (excluding diaryl/α,β-unsaturated/α-hetero) is 2. The summed E-state index contributed by atoms with van der Waals surface area (Å²) in [5, 5.41) is 44.4. The predicted molar refractivity (Wildman–Crippen MR) is 131 cm³/mol. The van der Waals surface area contributed by atoms with E-state index in [2.05, 4.69) is 0 Å². The number of ether oxygens (including phenoxy) is 1. The Labute approximate surface area is 217 Å². The minimum absolute atomic E-state index is 0.0583. The van der Waals surface area contributed by atoms with E-state index in [0.717, 1.165) is 6.42 Å². The quantitative estimate of drug-likeness (QED) is 0.291. The SMILES string of the molecule is COc1c([C@@H]2CCCN2CCF)cc(O)c2c1C[C@H]1C[C@H]3[C@H](N)C(=O)C(C(N)=O)=C(O)[C@@]3(O)C(=O)C1=C2O. The number of primary amides is 1. The number of benzene rings is 1. The molecule has 3 aliphatic carbocycles. The Balaban J connectivity index is 1.68. The van der Waals surface area contributed by atoms with E-state index in [-0.39, 0.29) is 42.3 Å². The molecule has 8 N–H and O–H groups in total. The first-order valence-electron chi connectivity index (χ1n) is 12.5. The molecule has 1 saturated heterocycles. The third kappa shape index (κ3) is 3.40. The Hall–Kier alpha value is -3.48. The van der Waals surface area contributed by atoms with Gasteiger partial charge in [0.05, 0.1) is 18.7 Å². The van der Waals surface area contributed by atoms with Crippen LogP contribution in [-0.4, -0.2) is 81.3 Å². The van der Waals surface area contributed by atoms with Crippen molar-refractivity contribution in [3.63, 3.8) is 0 Å². The molecule has 4 aliphatic rings. The molecule has 38 heavy (non-hydrogen) atoms. The fourth-order valence-electron chi connectivity index (χ4n) is 6.84. The maximum atomic E-state index is 13.7. The average molecular weight is 532 g/mol. The van der Waals surface area contributed by atoms with Crippen molar-refractivity contribution in [1.29, 1.82) is 0 Å². The number of likely N-dealkylation sites (tertiary alicyclic amines) is 1. The molecule has 0 bridgehead atoms. The molecule has 1 amide bonds. The van der Waals surface area contributed by atoms with Crippen LogP contribution in [0.4, 0.5) is 4.39 Å². The molecule has 0 spiro atoms. The molecule has 1 aromatic rings. The zero-order chi connectivity index (χ0) is 27.7. The zero-order valence-corrected chi connectivity index (χ0v) is 20.7. The summed E-state index contributed by atoms with van der Waals surface area (Å²) in [7, 11) is 1.44. The van der Waals surface area contributed by atoms with Crippen LogP contribution in [-0.2, 0) is 20.8 Å². The van der Waals surface area contributed by atoms with Gasteiger partial charge in [-0.25, -0.2) is 4.39 Å². The third-order valence-electron chi connectivity index (χ3n) is 8.53. The smallest absolute Gasteiger partial charge is 0.255 e. The van der Waals surface area contributed by atoms with Crippen LogP contribution >= 0.6 is 0 Å². The summed E-state index contributed by atoms with van der Waals surface area (Å²) >= 11 is 0. The first-order valence-corrected chi connectivity index (χ1v) is 12.5. The van der Waals surface area contributed by atoms with Crippen LogP contribution < -0.4 is 16.2 Å². The number of aliphatic hydroxyl groups is 3. The van der Waals surface area contributed by atoms with Gasteiger partial charge in [0.2, 0.25) is 5.78 Å². The number of aliphatic hydroxyl groups excluding tert-OH is 2. The third-order valence-corrected chi connectivity index (χ3v) is 8.53. The minimum Gasteiger partial charge on any atom is -0.508 e. The van der Waals surface area contributed by atoms with Crippen molar-refractivity contribution < 1.29 is 43.9 Å². The number of nitrogens with two attached hydrogens (primary N) is 2. The van der Waals surface area contributed by atoms with Crippen LogP contribution in [0.3, 0.4) is 0 Å². The predicted octanol–water partition coefficient (Wildman–Crippen LogP) is 0.476. The molecule has 11 nitrogen and oxygen atoms in total. The lowest BCUT2D eigenvalue weighted by Crippen LogP contribution is -2.65. The highest BCUT2D eigenvalue weighted by Gasteiger charge is 2.63. The minimum atomic E-state index is -2.76. The topological polar surface area (TPSA) is 197 Å². The second kappa shape index (κ2) is 9.07. The summed E-state index contributed by atoms with van der Waals surface area (Å²) in [5.41, 5.74) is 8.29. The molecule has 204 valence electrons. The van der Waals surface area contributed by atoms with Gasteiger partial charge in [-0.05, 0) is 44.2 Å². The van der Waals surface area contributed by atoms with E-state index in [4.69, 9.17) is 16.2 Å². The highest BCUT2D eigenvalue weighted by atomic mass is 19.1. The van der Waals surface area contributed by atoms with E-state index in [1.807, 2.05) is 4.90 Å². The summed E-state index contributed by atoms with van der Waals surface area (Å²) in [5.74, 6) is -7.27. The van der Waals surface area contributed by atoms with Crippen LogP contribution in [0.5, 0.6) is 11.5 Å². The van der Waals surface area contributed by atoms with Crippen LogP contribution in [0.15, 0.2) is 23.0 Å². The van der Waals surface area contributed by atoms with Crippen LogP contribution in [0, 0.1) is 11.8 Å². The van der Waals surface area contributed by atoms with Gasteiger partial charge < -0.3 is 36.6 Å². The number of carbonyl (C=O) groups is 3. The fourth-order valence-corrected chi connectivity index (χ4v) is 6.84. The highest BCUT2D eigenvalue weighted by Crippen LogP contribution is 2.54. The molecule has 5 atom stereocenters. The zero-order valence-electron chi connectivity index (χ0n) is 20.7. The summed E-state index contributed by atoms with van der Waals surface area (Å²) in [6.45, 7) is 0.363. The molecule has 1 saturated carbocycles. The van der Waals surface area contributed by atoms with Gasteiger partial charge in [0, 0.05) is 35.2 Å². The number of fused-ring (bicyclic) bond motifs is 3. The van der Waals surface area contributed by atoms with Gasteiger partial charge in [0.25, 0.3) is 5.91 Å². The number of alkyl halides is 1. The van der Waals surface area contributed by atoms with Crippen LogP contribution in [0.2, 0.25) is 0 Å². The molecule has 12 heteroatoms. The molecule has 0 unspecified atom stereocenters. The first kappa shape index (κ1) is 26.1. The van der Waals surface area contributed by atoms with Crippen molar-refractivity contribution >= 4 is 23.2 Å². The number of hydrogen-bond donors (Lipinski definition) is 6. The van der Waals surface area contributed by atoms with Crippen LogP contribution in [0.1, 0.15) is 42.0 Å². The number of phenols is 1. The number of halogens is 1. The van der Waals surface area contributed by atoms with Gasteiger partial charge in [0.1, 0.15) is 35.3 Å². The van der Waals surface area contributed by atoms with E-state index in [1.54, 1.807) is 0 Å². The number of phenolic OH excluding ortho intramolecular Hbond substituents is 1. The number of aromatic hydroxyl groups is 1. The van der Waals surface area contributed by atoms with Crippen molar-refractivity contribution in [1.82, 2.24) is 4.90 Å². The summed E-state index contributed by atoms with van der Waals surface area (Å²) < 4.78 is 18.9. The Morgan fingerprint density at radius 1 is 1.29 bits per heavy atom. The lowest BCUT2D eigenvalue weighted by Gasteiger charge is -2.48. The van der Waals surface area contributed by atoms with Crippen molar-refractivity contribution in [3.05, 3.63) is 39.7 Å². The number of carbonyl (C=O) groups excluding carboxylic acids is 3. The first-order chi connectivity index (χ1) is 18.0. The van der Waals surface area contributed by atoms with Gasteiger partial charge in [0.15, 0.2) is 11.4 Å². The van der Waals surface area contributed by atoms with Crippen molar-refractivity contribution in [2.45, 2.75) is 43.4 Å². The Bertz CT molecular complexity index is 1320. The molecule has 1 aromatic carbocycles. The molecular formula is C26H30FN3O8. The second-order valence-electron chi connectivity index (χ2n) is 10.3. The summed E-state index contributed by atoms with van der Waals surface area (Å²) in [6, 6.07) is -0.304. The van der Waals surface area contributed by atoms with Crippen molar-refractivity contribution in [2.24, 2.45) is 23.3 Å². The van der Waals surface area contributed by atoms with E-state index in [9.17, 15) is 39.2 Å². The highest BCUT2D eigenvalue weighted by molar-refractivity contribution is 6.24. The van der Waals surface area contributed by atoms with Gasteiger partial charge >= 0.3 is 0 Å². The monoisotopic (exact) mass is 531 g/mol. The van der Waals surface area contributed by atoms with E-state index < -0.39 is 64.7 Å². The van der Waals surface area contributed by atoms with Crippen LogP contribution in [0.25, 0.3) is 5.76 Å². The normalized spacial score (nSPS) is 31.3. The Morgan fingerprint density at radius 3 is 2.63 bits per heavy atom. The lowest BCUT2D eigenvalue weighted by molar-refractivity contribution is -0.149. The summed E-state index contributed by atoms with van der Waals surface area (Å²) in [4.78, 5) is 40.2. The number of methoxy groups -OCH3 is 1. The van der Waals surface area contributed by atoms with Crippen molar-refractivity contribution in [3.8, 4) is 11.5 Å². The van der Waals surface area contributed by atoms with E-state index in [0.29, 0.717) is 29.8 Å². The molecule has 1 heterocycles. The van der Waals surface area contributed by atoms with Crippen molar-refractivity contribution in [2.75, 3.05) is 26.9 Å². The molecule has 0 aromatic heterocycles. The number of amides is 1. The lowest BCUT2D eigenvalue weighted by atomic mass is 9.58. The second-order valence-corrected chi connectivity index (χ2v) is 10.3. The largest absolute Gasteiger partial charge is 0.508 e. The number of nitrogens with zero attached hydrogens (tertiary/aromatic N) is 1. The van der Waals surface area contributed by atoms with Gasteiger partial charge in [-0.3, -0.25) is 19.3 Å². The Morgan fingerprint density at radius 2 is 2.00 bits per heavy atom. The maximum Gasteiger partial charge on any atom is 0.255 e. The van der Waals surface area contributed by atoms with E-state index >= 15 is 0 Å². The van der Waals surface area contributed by atoms with Gasteiger partial charge in [-0.1, -0.05) is 0 Å². The number of rotatable bonds is 5. The van der Waals surface area contributed by atoms with E-state index in [1.165, 1.54) is 13.2 Å². The average Bonchev–Trinajstić information content (AvgIpc) is 3.32. The molecule has 5 rings (SSSR count). The standard InChI is InChI=1S/C26H30FN3O8/c1-38-22-11(14-3-2-5-30(14)6-4-27)9-15(31)17-12(22)7-10-8-13-19(28)21(33)18(25(29)36)24(35)26(13,37)23(34)16(10)20(17)32/h9-10,13-14,19,31-32,35,37H,2-8,28H2,1H3,(H2,29,36)/t10-,13-,14-,19-,26-/m0/s1. The summed E-state index contributed by atoms with van der Waals surface area (Å²) in [6.07, 6.45) is 1.52. The maximum absolute atomic E-state index is 13.7.